The molecule has 1 aromatic heterocycles. The number of rotatable bonds is 2. The lowest BCUT2D eigenvalue weighted by Gasteiger charge is -2.13. The molecule has 0 radical (unpaired) electrons. The summed E-state index contributed by atoms with van der Waals surface area (Å²) in [7, 11) is 0. The molecular weight excluding hydrogens is 276 g/mol. The maximum Gasteiger partial charge on any atom is 0.272 e. The van der Waals surface area contributed by atoms with Gasteiger partial charge in [-0.25, -0.2) is 0 Å². The third-order valence-corrected chi connectivity index (χ3v) is 5.36. The summed E-state index contributed by atoms with van der Waals surface area (Å²) in [5.41, 5.74) is 5.58. The standard InChI is InChI=1S/C17H18N4O/c22-17(16-12-8-18-6-5-13(12)20-21-16)19-15-11-7-9-3-1-2-4-10(9)14(11)15/h1-4,11,14-15,18H,5-8H2,(H,19,22)(H,20,21). The SMILES string of the molecule is O=C(NC1C2Cc3ccccc3C21)c1n[nH]c2c1CNCC2. The summed E-state index contributed by atoms with van der Waals surface area (Å²) in [6.45, 7) is 1.68. The molecule has 1 amide bonds. The molecule has 1 fully saturated rings. The van der Waals surface area contributed by atoms with E-state index in [-0.39, 0.29) is 11.9 Å². The zero-order valence-corrected chi connectivity index (χ0v) is 12.2. The second-order valence-corrected chi connectivity index (χ2v) is 6.55. The third kappa shape index (κ3) is 1.69. The van der Waals surface area contributed by atoms with Gasteiger partial charge >= 0.3 is 0 Å². The summed E-state index contributed by atoms with van der Waals surface area (Å²) in [6, 6.07) is 8.88. The lowest BCUT2D eigenvalue weighted by atomic mass is 10.0. The van der Waals surface area contributed by atoms with E-state index < -0.39 is 0 Å². The summed E-state index contributed by atoms with van der Waals surface area (Å²) in [5, 5.41) is 13.8. The summed E-state index contributed by atoms with van der Waals surface area (Å²) in [4.78, 5) is 12.5. The van der Waals surface area contributed by atoms with Crippen molar-refractivity contribution in [3.8, 4) is 0 Å². The minimum Gasteiger partial charge on any atom is -0.347 e. The first-order valence-electron chi connectivity index (χ1n) is 7.98. The van der Waals surface area contributed by atoms with Crippen LogP contribution < -0.4 is 10.6 Å². The van der Waals surface area contributed by atoms with Gasteiger partial charge in [0.15, 0.2) is 5.69 Å². The number of carbonyl (C=O) groups is 1. The van der Waals surface area contributed by atoms with E-state index in [9.17, 15) is 4.79 Å². The molecule has 0 spiro atoms. The molecule has 2 aromatic rings. The number of benzene rings is 1. The van der Waals surface area contributed by atoms with Gasteiger partial charge in [-0.05, 0) is 23.5 Å². The molecule has 5 rings (SSSR count). The number of nitrogens with zero attached hydrogens (tertiary/aromatic N) is 1. The van der Waals surface area contributed by atoms with Crippen LogP contribution in [0.1, 0.15) is 38.8 Å². The average Bonchev–Trinajstić information content (AvgIpc) is 2.92. The molecule has 112 valence electrons. The molecule has 1 saturated carbocycles. The fourth-order valence-corrected chi connectivity index (χ4v) is 4.18. The number of fused-ring (bicyclic) bond motifs is 4. The van der Waals surface area contributed by atoms with Crippen molar-refractivity contribution in [2.45, 2.75) is 31.3 Å². The van der Waals surface area contributed by atoms with Crippen LogP contribution in [0.25, 0.3) is 0 Å². The van der Waals surface area contributed by atoms with Crippen LogP contribution in [0, 0.1) is 5.92 Å². The molecule has 0 bridgehead atoms. The van der Waals surface area contributed by atoms with E-state index in [1.165, 1.54) is 11.1 Å². The van der Waals surface area contributed by atoms with Crippen LogP contribution in [0.15, 0.2) is 24.3 Å². The van der Waals surface area contributed by atoms with Crippen molar-refractivity contribution < 1.29 is 4.79 Å². The van der Waals surface area contributed by atoms with E-state index in [1.54, 1.807) is 0 Å². The van der Waals surface area contributed by atoms with Gasteiger partial charge in [0.25, 0.3) is 5.91 Å². The van der Waals surface area contributed by atoms with E-state index in [1.807, 2.05) is 0 Å². The normalized spacial score (nSPS) is 27.7. The first-order valence-corrected chi connectivity index (χ1v) is 7.98. The van der Waals surface area contributed by atoms with E-state index in [0.717, 1.165) is 37.2 Å². The van der Waals surface area contributed by atoms with Gasteiger partial charge in [0, 0.05) is 42.7 Å². The number of carbonyl (C=O) groups excluding carboxylic acids is 1. The Morgan fingerprint density at radius 3 is 3.18 bits per heavy atom. The first-order chi connectivity index (χ1) is 10.8. The zero-order valence-electron chi connectivity index (χ0n) is 12.2. The van der Waals surface area contributed by atoms with E-state index >= 15 is 0 Å². The summed E-state index contributed by atoms with van der Waals surface area (Å²) < 4.78 is 0. The number of hydrogen-bond acceptors (Lipinski definition) is 3. The van der Waals surface area contributed by atoms with Crippen molar-refractivity contribution in [2.75, 3.05) is 6.54 Å². The summed E-state index contributed by atoms with van der Waals surface area (Å²) in [5.74, 6) is 1.06. The quantitative estimate of drug-likeness (QED) is 0.777. The van der Waals surface area contributed by atoms with E-state index in [2.05, 4.69) is 45.1 Å². The smallest absolute Gasteiger partial charge is 0.272 e. The number of nitrogens with one attached hydrogen (secondary N) is 3. The van der Waals surface area contributed by atoms with Crippen LogP contribution in [-0.2, 0) is 19.4 Å². The minimum atomic E-state index is -0.0296. The Kier molecular flexibility index (Phi) is 2.50. The minimum absolute atomic E-state index is 0.0296. The van der Waals surface area contributed by atoms with Gasteiger partial charge in [-0.1, -0.05) is 24.3 Å². The topological polar surface area (TPSA) is 69.8 Å². The van der Waals surface area contributed by atoms with Gasteiger partial charge in [-0.2, -0.15) is 5.10 Å². The molecule has 2 aliphatic carbocycles. The molecule has 3 unspecified atom stereocenters. The van der Waals surface area contributed by atoms with Crippen LogP contribution in [0.3, 0.4) is 0 Å². The molecular formula is C17H18N4O. The molecule has 1 aromatic carbocycles. The van der Waals surface area contributed by atoms with Gasteiger partial charge in [0.05, 0.1) is 0 Å². The summed E-state index contributed by atoms with van der Waals surface area (Å²) in [6.07, 6.45) is 2.00. The maximum atomic E-state index is 12.5. The Bertz CT molecular complexity index is 766. The molecule has 5 nitrogen and oxygen atoms in total. The molecule has 22 heavy (non-hydrogen) atoms. The highest BCUT2D eigenvalue weighted by atomic mass is 16.2. The van der Waals surface area contributed by atoms with Gasteiger partial charge < -0.3 is 10.6 Å². The molecule has 3 N–H and O–H groups in total. The zero-order chi connectivity index (χ0) is 14.7. The van der Waals surface area contributed by atoms with Crippen molar-refractivity contribution in [2.24, 2.45) is 5.92 Å². The van der Waals surface area contributed by atoms with Crippen LogP contribution in [0.5, 0.6) is 0 Å². The van der Waals surface area contributed by atoms with Crippen LogP contribution in [0.2, 0.25) is 0 Å². The number of aromatic nitrogens is 2. The number of amides is 1. The van der Waals surface area contributed by atoms with Gasteiger partial charge in [0.2, 0.25) is 0 Å². The average molecular weight is 294 g/mol. The van der Waals surface area contributed by atoms with Crippen molar-refractivity contribution in [1.82, 2.24) is 20.8 Å². The highest BCUT2D eigenvalue weighted by Gasteiger charge is 2.56. The Hall–Kier alpha value is -2.14. The second-order valence-electron chi connectivity index (χ2n) is 6.55. The molecule has 2 heterocycles. The number of hydrogen-bond donors (Lipinski definition) is 3. The number of aromatic amines is 1. The Labute approximate surface area is 128 Å². The van der Waals surface area contributed by atoms with Crippen molar-refractivity contribution in [1.29, 1.82) is 0 Å². The van der Waals surface area contributed by atoms with E-state index in [4.69, 9.17) is 0 Å². The first kappa shape index (κ1) is 12.4. The predicted molar refractivity (Wildman–Crippen MR) is 81.6 cm³/mol. The lowest BCUT2D eigenvalue weighted by Crippen LogP contribution is -2.31. The van der Waals surface area contributed by atoms with Crippen LogP contribution >= 0.6 is 0 Å². The van der Waals surface area contributed by atoms with Crippen LogP contribution in [-0.4, -0.2) is 28.7 Å². The molecule has 5 heteroatoms. The molecule has 1 aliphatic heterocycles. The predicted octanol–water partition coefficient (Wildman–Crippen LogP) is 1.12. The second kappa shape index (κ2) is 4.43. The van der Waals surface area contributed by atoms with E-state index in [0.29, 0.717) is 17.5 Å². The van der Waals surface area contributed by atoms with Crippen molar-refractivity contribution in [3.05, 3.63) is 52.3 Å². The highest BCUT2D eigenvalue weighted by Crippen LogP contribution is 2.56. The number of H-pyrrole nitrogens is 1. The Balaban J connectivity index is 1.34. The van der Waals surface area contributed by atoms with Crippen molar-refractivity contribution in [3.63, 3.8) is 0 Å². The largest absolute Gasteiger partial charge is 0.347 e. The lowest BCUT2D eigenvalue weighted by molar-refractivity contribution is 0.0942. The fraction of sp³-hybridized carbons (Fsp3) is 0.412. The highest BCUT2D eigenvalue weighted by molar-refractivity contribution is 5.94. The monoisotopic (exact) mass is 294 g/mol. The Morgan fingerprint density at radius 1 is 1.32 bits per heavy atom. The van der Waals surface area contributed by atoms with Gasteiger partial charge in [-0.15, -0.1) is 0 Å². The maximum absolute atomic E-state index is 12.5. The molecule has 3 atom stereocenters. The Morgan fingerprint density at radius 2 is 2.23 bits per heavy atom. The summed E-state index contributed by atoms with van der Waals surface area (Å²) >= 11 is 0. The fourth-order valence-electron chi connectivity index (χ4n) is 4.18. The van der Waals surface area contributed by atoms with Crippen LogP contribution in [0.4, 0.5) is 0 Å². The van der Waals surface area contributed by atoms with Gasteiger partial charge in [-0.3, -0.25) is 9.89 Å². The van der Waals surface area contributed by atoms with Gasteiger partial charge in [0.1, 0.15) is 0 Å². The third-order valence-electron chi connectivity index (χ3n) is 5.36. The molecule has 3 aliphatic rings. The molecule has 0 saturated heterocycles. The van der Waals surface area contributed by atoms with Crippen molar-refractivity contribution >= 4 is 5.91 Å².